The van der Waals surface area contributed by atoms with Gasteiger partial charge >= 0.3 is 0 Å². The van der Waals surface area contributed by atoms with Gasteiger partial charge in [0, 0.05) is 23.0 Å². The van der Waals surface area contributed by atoms with Gasteiger partial charge in [0.05, 0.1) is 28.5 Å². The highest BCUT2D eigenvalue weighted by atomic mass is 35.5. The highest BCUT2D eigenvalue weighted by Crippen LogP contribution is 2.25. The third-order valence-electron chi connectivity index (χ3n) is 4.65. The molecule has 0 aliphatic carbocycles. The molecular formula is C22H20ClN5O2S. The van der Waals surface area contributed by atoms with Crippen molar-refractivity contribution in [2.45, 2.75) is 11.8 Å². The predicted molar refractivity (Wildman–Crippen MR) is 123 cm³/mol. The number of hydrogen-bond donors (Lipinski definition) is 2. The van der Waals surface area contributed by atoms with Gasteiger partial charge in [-0.15, -0.1) is 0 Å². The number of benzene rings is 2. The number of nitrogens with zero attached hydrogens (tertiary/aromatic N) is 3. The summed E-state index contributed by atoms with van der Waals surface area (Å²) in [6.07, 6.45) is 9.18. The van der Waals surface area contributed by atoms with E-state index in [-0.39, 0.29) is 4.90 Å². The molecule has 0 radical (unpaired) electrons. The number of aryl methyl sites for hydroxylation is 1. The van der Waals surface area contributed by atoms with Gasteiger partial charge < -0.3 is 0 Å². The van der Waals surface area contributed by atoms with Crippen LogP contribution in [0.3, 0.4) is 0 Å². The summed E-state index contributed by atoms with van der Waals surface area (Å²) in [5, 5.41) is 2.39. The summed E-state index contributed by atoms with van der Waals surface area (Å²) in [5.41, 5.74) is 7.30. The number of allylic oxidation sites excluding steroid dienone is 2. The van der Waals surface area contributed by atoms with Crippen LogP contribution < -0.4 is 10.1 Å². The van der Waals surface area contributed by atoms with E-state index >= 15 is 0 Å². The lowest BCUT2D eigenvalue weighted by Crippen LogP contribution is -2.27. The van der Waals surface area contributed by atoms with E-state index in [0.29, 0.717) is 17.3 Å². The number of hydrazine groups is 1. The van der Waals surface area contributed by atoms with Crippen LogP contribution in [0.1, 0.15) is 11.3 Å². The van der Waals surface area contributed by atoms with Gasteiger partial charge in [0.2, 0.25) is 0 Å². The molecule has 7 nitrogen and oxygen atoms in total. The van der Waals surface area contributed by atoms with Gasteiger partial charge in [0.15, 0.2) is 0 Å². The molecule has 9 heteroatoms. The van der Waals surface area contributed by atoms with Gasteiger partial charge in [-0.05, 0) is 55.0 Å². The zero-order valence-electron chi connectivity index (χ0n) is 16.7. The van der Waals surface area contributed by atoms with Crippen molar-refractivity contribution in [3.8, 4) is 0 Å². The Bertz CT molecular complexity index is 1240. The van der Waals surface area contributed by atoms with Gasteiger partial charge in [-0.3, -0.25) is 15.2 Å². The Morgan fingerprint density at radius 3 is 2.65 bits per heavy atom. The van der Waals surface area contributed by atoms with Crippen LogP contribution in [0.5, 0.6) is 0 Å². The van der Waals surface area contributed by atoms with Gasteiger partial charge in [-0.2, -0.15) is 0 Å². The first kappa shape index (κ1) is 20.9. The van der Waals surface area contributed by atoms with Crippen LogP contribution in [0.2, 0.25) is 5.02 Å². The standard InChI is InChI=1S/C22H20ClN5O2S/c1-16-4-7-19(27-31(29,30)20-8-5-18(23)6-9-20)13-22(16)26-28-12-2-3-17(14-28)21-10-11-24-15-25-21/h2-11,13-15,26-27H,12H2,1H3. The molecule has 2 heterocycles. The summed E-state index contributed by atoms with van der Waals surface area (Å²) in [4.78, 5) is 8.37. The molecule has 0 unspecified atom stereocenters. The molecule has 1 aliphatic rings. The van der Waals surface area contributed by atoms with E-state index < -0.39 is 10.0 Å². The fraction of sp³-hybridized carbons (Fsp3) is 0.0909. The van der Waals surface area contributed by atoms with Crippen LogP contribution in [-0.2, 0) is 10.0 Å². The van der Waals surface area contributed by atoms with E-state index in [1.54, 1.807) is 30.5 Å². The van der Waals surface area contributed by atoms with Crippen molar-refractivity contribution in [2.75, 3.05) is 16.7 Å². The molecule has 0 saturated heterocycles. The van der Waals surface area contributed by atoms with E-state index in [4.69, 9.17) is 11.6 Å². The van der Waals surface area contributed by atoms with Crippen molar-refractivity contribution in [2.24, 2.45) is 0 Å². The molecule has 1 aliphatic heterocycles. The summed E-state index contributed by atoms with van der Waals surface area (Å²) < 4.78 is 28.0. The monoisotopic (exact) mass is 453 g/mol. The lowest BCUT2D eigenvalue weighted by molar-refractivity contribution is 0.497. The molecule has 158 valence electrons. The van der Waals surface area contributed by atoms with Gasteiger partial charge in [0.25, 0.3) is 10.0 Å². The quantitative estimate of drug-likeness (QED) is 0.572. The minimum Gasteiger partial charge on any atom is -0.298 e. The van der Waals surface area contributed by atoms with Crippen LogP contribution in [0, 0.1) is 6.92 Å². The molecular weight excluding hydrogens is 434 g/mol. The number of anilines is 2. The number of sulfonamides is 1. The second kappa shape index (κ2) is 8.79. The first-order valence-electron chi connectivity index (χ1n) is 9.48. The van der Waals surface area contributed by atoms with E-state index in [2.05, 4.69) is 20.1 Å². The highest BCUT2D eigenvalue weighted by molar-refractivity contribution is 7.92. The van der Waals surface area contributed by atoms with Crippen molar-refractivity contribution in [3.63, 3.8) is 0 Å². The van der Waals surface area contributed by atoms with Crippen molar-refractivity contribution in [3.05, 3.63) is 95.7 Å². The Balaban J connectivity index is 1.54. The van der Waals surface area contributed by atoms with E-state index in [1.165, 1.54) is 18.5 Å². The minimum atomic E-state index is -3.72. The molecule has 2 aromatic carbocycles. The fourth-order valence-electron chi connectivity index (χ4n) is 3.04. The third kappa shape index (κ3) is 5.04. The molecule has 0 amide bonds. The molecule has 0 saturated carbocycles. The molecule has 1 aromatic heterocycles. The smallest absolute Gasteiger partial charge is 0.261 e. The SMILES string of the molecule is Cc1ccc(NS(=O)(=O)c2ccc(Cl)cc2)cc1NN1C=C(c2ccncn2)C=CC1. The largest absolute Gasteiger partial charge is 0.298 e. The number of halogens is 1. The average molecular weight is 454 g/mol. The number of aromatic nitrogens is 2. The average Bonchev–Trinajstić information content (AvgIpc) is 2.77. The lowest BCUT2D eigenvalue weighted by atomic mass is 10.1. The Hall–Kier alpha value is -3.36. The first-order valence-corrected chi connectivity index (χ1v) is 11.3. The Labute approximate surface area is 186 Å². The van der Waals surface area contributed by atoms with Crippen LogP contribution >= 0.6 is 11.6 Å². The van der Waals surface area contributed by atoms with E-state index in [0.717, 1.165) is 22.5 Å². The zero-order chi connectivity index (χ0) is 21.8. The summed E-state index contributed by atoms with van der Waals surface area (Å²) in [6.45, 7) is 2.60. The normalized spacial score (nSPS) is 13.6. The lowest BCUT2D eigenvalue weighted by Gasteiger charge is -2.26. The summed E-state index contributed by atoms with van der Waals surface area (Å²) in [7, 11) is -3.72. The van der Waals surface area contributed by atoms with E-state index in [1.807, 2.05) is 42.4 Å². The third-order valence-corrected chi connectivity index (χ3v) is 6.30. The topological polar surface area (TPSA) is 87.2 Å². The van der Waals surface area contributed by atoms with E-state index in [9.17, 15) is 8.42 Å². The van der Waals surface area contributed by atoms with Crippen LogP contribution in [-0.4, -0.2) is 29.9 Å². The van der Waals surface area contributed by atoms with Crippen molar-refractivity contribution in [1.82, 2.24) is 15.0 Å². The predicted octanol–water partition coefficient (Wildman–Crippen LogP) is 4.48. The van der Waals surface area contributed by atoms with Crippen LogP contribution in [0.15, 0.2) is 84.3 Å². The molecule has 0 atom stereocenters. The number of rotatable bonds is 6. The Kier molecular flexibility index (Phi) is 5.92. The molecule has 0 fully saturated rings. The maximum atomic E-state index is 12.7. The molecule has 31 heavy (non-hydrogen) atoms. The fourth-order valence-corrected chi connectivity index (χ4v) is 4.21. The minimum absolute atomic E-state index is 0.144. The Morgan fingerprint density at radius 1 is 1.10 bits per heavy atom. The number of nitrogens with one attached hydrogen (secondary N) is 2. The summed E-state index contributed by atoms with van der Waals surface area (Å²) >= 11 is 5.86. The summed E-state index contributed by atoms with van der Waals surface area (Å²) in [5.74, 6) is 0. The highest BCUT2D eigenvalue weighted by Gasteiger charge is 2.15. The maximum absolute atomic E-state index is 12.7. The molecule has 0 bridgehead atoms. The van der Waals surface area contributed by atoms with Gasteiger partial charge in [-0.1, -0.05) is 29.8 Å². The van der Waals surface area contributed by atoms with Crippen LogP contribution in [0.25, 0.3) is 5.57 Å². The molecule has 4 rings (SSSR count). The molecule has 3 aromatic rings. The summed E-state index contributed by atoms with van der Waals surface area (Å²) in [6, 6.07) is 13.2. The van der Waals surface area contributed by atoms with Crippen molar-refractivity contribution < 1.29 is 8.42 Å². The second-order valence-electron chi connectivity index (χ2n) is 6.93. The van der Waals surface area contributed by atoms with Gasteiger partial charge in [-0.25, -0.2) is 18.4 Å². The second-order valence-corrected chi connectivity index (χ2v) is 9.05. The number of hydrogen-bond acceptors (Lipinski definition) is 6. The van der Waals surface area contributed by atoms with Crippen molar-refractivity contribution >= 4 is 38.6 Å². The van der Waals surface area contributed by atoms with Crippen LogP contribution in [0.4, 0.5) is 11.4 Å². The zero-order valence-corrected chi connectivity index (χ0v) is 18.2. The first-order chi connectivity index (χ1) is 14.9. The molecule has 2 N–H and O–H groups in total. The maximum Gasteiger partial charge on any atom is 0.261 e. The van der Waals surface area contributed by atoms with Crippen molar-refractivity contribution in [1.29, 1.82) is 0 Å². The van der Waals surface area contributed by atoms with Gasteiger partial charge in [0.1, 0.15) is 6.33 Å². The molecule has 0 spiro atoms. The Morgan fingerprint density at radius 2 is 1.90 bits per heavy atom.